The van der Waals surface area contributed by atoms with Gasteiger partial charge in [0, 0.05) is 13.7 Å². The molecule has 0 fully saturated rings. The van der Waals surface area contributed by atoms with Crippen LogP contribution in [0.4, 0.5) is 0 Å². The summed E-state index contributed by atoms with van der Waals surface area (Å²) in [6, 6.07) is 0. The predicted molar refractivity (Wildman–Crippen MR) is 67.3 cm³/mol. The molecular formula is C11H23N3O4. The quantitative estimate of drug-likeness (QED) is 0.427. The van der Waals surface area contributed by atoms with Crippen molar-refractivity contribution < 1.29 is 19.1 Å². The number of ether oxygens (including phenoxy) is 2. The average Bonchev–Trinajstić information content (AvgIpc) is 2.33. The predicted octanol–water partition coefficient (Wildman–Crippen LogP) is -1.77. The fourth-order valence-corrected chi connectivity index (χ4v) is 1.23. The SMILES string of the molecule is COCCOCCNC(=O)CN(C)CC(=O)CN. The third-order valence-corrected chi connectivity index (χ3v) is 2.09. The van der Waals surface area contributed by atoms with E-state index < -0.39 is 0 Å². The van der Waals surface area contributed by atoms with Gasteiger partial charge < -0.3 is 20.5 Å². The Balaban J connectivity index is 3.49. The first-order chi connectivity index (χ1) is 8.60. The van der Waals surface area contributed by atoms with E-state index in [0.717, 1.165) is 0 Å². The number of carbonyl (C=O) groups excluding carboxylic acids is 2. The molecule has 0 rings (SSSR count). The van der Waals surface area contributed by atoms with Crippen molar-refractivity contribution >= 4 is 11.7 Å². The Morgan fingerprint density at radius 2 is 1.94 bits per heavy atom. The zero-order valence-corrected chi connectivity index (χ0v) is 11.1. The van der Waals surface area contributed by atoms with E-state index in [1.54, 1.807) is 19.1 Å². The number of methoxy groups -OCH3 is 1. The number of likely N-dealkylation sites (N-methyl/N-ethyl adjacent to an activating group) is 1. The molecule has 0 aromatic carbocycles. The molecule has 0 atom stereocenters. The molecule has 0 aromatic rings. The summed E-state index contributed by atoms with van der Waals surface area (Å²) in [4.78, 5) is 24.1. The molecule has 0 aromatic heterocycles. The first kappa shape index (κ1) is 17.0. The molecule has 0 saturated carbocycles. The highest BCUT2D eigenvalue weighted by atomic mass is 16.5. The van der Waals surface area contributed by atoms with Crippen molar-refractivity contribution in [2.24, 2.45) is 5.73 Å². The smallest absolute Gasteiger partial charge is 0.234 e. The molecule has 0 spiro atoms. The van der Waals surface area contributed by atoms with Crippen molar-refractivity contribution in [1.29, 1.82) is 0 Å². The van der Waals surface area contributed by atoms with Gasteiger partial charge in [0.2, 0.25) is 5.91 Å². The molecule has 3 N–H and O–H groups in total. The summed E-state index contributed by atoms with van der Waals surface area (Å²) in [5.41, 5.74) is 5.19. The van der Waals surface area contributed by atoms with Crippen molar-refractivity contribution in [3.63, 3.8) is 0 Å². The van der Waals surface area contributed by atoms with Gasteiger partial charge in [-0.1, -0.05) is 0 Å². The highest BCUT2D eigenvalue weighted by Crippen LogP contribution is 1.83. The molecule has 0 aliphatic rings. The summed E-state index contributed by atoms with van der Waals surface area (Å²) in [6.45, 7) is 2.30. The van der Waals surface area contributed by atoms with Gasteiger partial charge in [0.15, 0.2) is 5.78 Å². The van der Waals surface area contributed by atoms with Crippen LogP contribution in [0.3, 0.4) is 0 Å². The highest BCUT2D eigenvalue weighted by molar-refractivity contribution is 5.83. The molecule has 106 valence electrons. The lowest BCUT2D eigenvalue weighted by molar-refractivity contribution is -0.123. The van der Waals surface area contributed by atoms with Crippen LogP contribution in [0.15, 0.2) is 0 Å². The normalized spacial score (nSPS) is 10.7. The number of hydrogen-bond donors (Lipinski definition) is 2. The lowest BCUT2D eigenvalue weighted by atomic mass is 10.3. The molecule has 0 aliphatic heterocycles. The molecular weight excluding hydrogens is 238 g/mol. The Hall–Kier alpha value is -1.02. The van der Waals surface area contributed by atoms with Crippen molar-refractivity contribution in [1.82, 2.24) is 10.2 Å². The van der Waals surface area contributed by atoms with Gasteiger partial charge in [-0.15, -0.1) is 0 Å². The average molecular weight is 261 g/mol. The van der Waals surface area contributed by atoms with Gasteiger partial charge in [-0.05, 0) is 7.05 Å². The Morgan fingerprint density at radius 1 is 1.22 bits per heavy atom. The Bertz CT molecular complexity index is 248. The lowest BCUT2D eigenvalue weighted by Gasteiger charge is -2.14. The van der Waals surface area contributed by atoms with E-state index in [1.165, 1.54) is 0 Å². The van der Waals surface area contributed by atoms with E-state index in [0.29, 0.717) is 26.4 Å². The van der Waals surface area contributed by atoms with Crippen LogP contribution in [0.25, 0.3) is 0 Å². The first-order valence-electron chi connectivity index (χ1n) is 5.83. The van der Waals surface area contributed by atoms with Gasteiger partial charge in [-0.25, -0.2) is 0 Å². The molecule has 18 heavy (non-hydrogen) atoms. The number of amides is 1. The lowest BCUT2D eigenvalue weighted by Crippen LogP contribution is -2.39. The minimum Gasteiger partial charge on any atom is -0.382 e. The molecule has 1 amide bonds. The number of nitrogens with zero attached hydrogens (tertiary/aromatic N) is 1. The van der Waals surface area contributed by atoms with Gasteiger partial charge >= 0.3 is 0 Å². The van der Waals surface area contributed by atoms with Crippen molar-refractivity contribution in [2.45, 2.75) is 0 Å². The second-order valence-corrected chi connectivity index (χ2v) is 3.87. The zero-order chi connectivity index (χ0) is 13.8. The summed E-state index contributed by atoms with van der Waals surface area (Å²) in [6.07, 6.45) is 0. The van der Waals surface area contributed by atoms with Crippen LogP contribution in [0.2, 0.25) is 0 Å². The van der Waals surface area contributed by atoms with Gasteiger partial charge in [-0.3, -0.25) is 14.5 Å². The van der Waals surface area contributed by atoms with E-state index in [2.05, 4.69) is 5.32 Å². The maximum Gasteiger partial charge on any atom is 0.234 e. The zero-order valence-electron chi connectivity index (χ0n) is 11.1. The minimum atomic E-state index is -0.141. The standard InChI is InChI=1S/C11H23N3O4/c1-14(8-10(15)7-12)9-11(16)13-3-4-18-6-5-17-2/h3-9,12H2,1-2H3,(H,13,16). The van der Waals surface area contributed by atoms with Crippen molar-refractivity contribution in [2.75, 3.05) is 60.2 Å². The summed E-state index contributed by atoms with van der Waals surface area (Å²) in [5.74, 6) is -0.231. The second kappa shape index (κ2) is 11.1. The number of carbonyl (C=O) groups is 2. The molecule has 0 bridgehead atoms. The van der Waals surface area contributed by atoms with Crippen LogP contribution in [-0.4, -0.2) is 76.7 Å². The topological polar surface area (TPSA) is 93.9 Å². The maximum atomic E-state index is 11.4. The van der Waals surface area contributed by atoms with Gasteiger partial charge in [0.05, 0.1) is 39.5 Å². The molecule has 0 radical (unpaired) electrons. The first-order valence-corrected chi connectivity index (χ1v) is 5.83. The monoisotopic (exact) mass is 261 g/mol. The minimum absolute atomic E-state index is 0.000696. The van der Waals surface area contributed by atoms with E-state index in [4.69, 9.17) is 15.2 Å². The summed E-state index contributed by atoms with van der Waals surface area (Å²) in [5, 5.41) is 2.69. The number of Topliss-reactive ketones (excluding diaryl/α,β-unsaturated/α-hetero) is 1. The third-order valence-electron chi connectivity index (χ3n) is 2.09. The number of nitrogens with one attached hydrogen (secondary N) is 1. The number of ketones is 1. The number of rotatable bonds is 11. The molecule has 0 saturated heterocycles. The fraction of sp³-hybridized carbons (Fsp3) is 0.818. The Kier molecular flexibility index (Phi) is 10.5. The van der Waals surface area contributed by atoms with Crippen molar-refractivity contribution in [3.8, 4) is 0 Å². The molecule has 0 aliphatic carbocycles. The molecule has 0 unspecified atom stereocenters. The van der Waals surface area contributed by atoms with Crippen LogP contribution >= 0.6 is 0 Å². The summed E-state index contributed by atoms with van der Waals surface area (Å²) < 4.78 is 10.00. The summed E-state index contributed by atoms with van der Waals surface area (Å²) >= 11 is 0. The van der Waals surface area contributed by atoms with Crippen LogP contribution in [0.5, 0.6) is 0 Å². The van der Waals surface area contributed by atoms with Crippen molar-refractivity contribution in [3.05, 3.63) is 0 Å². The van der Waals surface area contributed by atoms with Crippen LogP contribution in [0.1, 0.15) is 0 Å². The van der Waals surface area contributed by atoms with Crippen LogP contribution < -0.4 is 11.1 Å². The molecule has 7 nitrogen and oxygen atoms in total. The largest absolute Gasteiger partial charge is 0.382 e. The van der Waals surface area contributed by atoms with Crippen LogP contribution in [-0.2, 0) is 19.1 Å². The van der Waals surface area contributed by atoms with Gasteiger partial charge in [0.1, 0.15) is 0 Å². The van der Waals surface area contributed by atoms with E-state index in [9.17, 15) is 9.59 Å². The molecule has 0 heterocycles. The number of hydrogen-bond acceptors (Lipinski definition) is 6. The highest BCUT2D eigenvalue weighted by Gasteiger charge is 2.08. The van der Waals surface area contributed by atoms with Gasteiger partial charge in [0.25, 0.3) is 0 Å². The fourth-order valence-electron chi connectivity index (χ4n) is 1.23. The van der Waals surface area contributed by atoms with Gasteiger partial charge in [-0.2, -0.15) is 0 Å². The Labute approximate surface area is 108 Å². The van der Waals surface area contributed by atoms with Crippen LogP contribution in [0, 0.1) is 0 Å². The summed E-state index contributed by atoms with van der Waals surface area (Å²) in [7, 11) is 3.30. The van der Waals surface area contributed by atoms with E-state index in [1.807, 2.05) is 0 Å². The second-order valence-electron chi connectivity index (χ2n) is 3.87. The molecule has 7 heteroatoms. The Morgan fingerprint density at radius 3 is 2.56 bits per heavy atom. The van der Waals surface area contributed by atoms with E-state index in [-0.39, 0.29) is 31.3 Å². The third kappa shape index (κ3) is 10.2. The number of nitrogens with two attached hydrogens (primary N) is 1. The maximum absolute atomic E-state index is 11.4. The van der Waals surface area contributed by atoms with E-state index >= 15 is 0 Å².